The van der Waals surface area contributed by atoms with E-state index in [9.17, 15) is 4.79 Å². The van der Waals surface area contributed by atoms with Crippen molar-refractivity contribution in [1.82, 2.24) is 0 Å². The number of hydrogen-bond donors (Lipinski definition) is 1. The van der Waals surface area contributed by atoms with Crippen LogP contribution in [0.25, 0.3) is 0 Å². The van der Waals surface area contributed by atoms with E-state index in [-0.39, 0.29) is 5.91 Å². The molecule has 0 radical (unpaired) electrons. The average Bonchev–Trinajstić information content (AvgIpc) is 2.29. The zero-order chi connectivity index (χ0) is 11.5. The van der Waals surface area contributed by atoms with Gasteiger partial charge >= 0.3 is 0 Å². The Bertz CT molecular complexity index is 406. The van der Waals surface area contributed by atoms with Gasteiger partial charge in [-0.25, -0.2) is 0 Å². The topological polar surface area (TPSA) is 46.3 Å². The monoisotopic (exact) mass is 238 g/mol. The van der Waals surface area contributed by atoms with Crippen LogP contribution in [0.2, 0.25) is 5.02 Å². The molecule has 4 heteroatoms. The second-order valence-corrected chi connectivity index (χ2v) is 4.39. The highest BCUT2D eigenvalue weighted by molar-refractivity contribution is 6.31. The number of rotatable bonds is 2. The second-order valence-electron chi connectivity index (χ2n) is 3.98. The molecular formula is C12H15ClN2O. The Balaban J connectivity index is 2.26. The summed E-state index contributed by atoms with van der Waals surface area (Å²) >= 11 is 6.08. The minimum Gasteiger partial charge on any atom is -0.326 e. The van der Waals surface area contributed by atoms with E-state index in [1.165, 1.54) is 0 Å². The van der Waals surface area contributed by atoms with Crippen molar-refractivity contribution in [3.63, 3.8) is 0 Å². The maximum absolute atomic E-state index is 11.7. The van der Waals surface area contributed by atoms with Crippen LogP contribution in [0.5, 0.6) is 0 Å². The molecule has 2 rings (SSSR count). The van der Waals surface area contributed by atoms with E-state index in [2.05, 4.69) is 0 Å². The van der Waals surface area contributed by atoms with Crippen LogP contribution in [0.15, 0.2) is 18.2 Å². The van der Waals surface area contributed by atoms with Crippen LogP contribution >= 0.6 is 11.6 Å². The fourth-order valence-electron chi connectivity index (χ4n) is 1.95. The van der Waals surface area contributed by atoms with Crippen LogP contribution in [0, 0.1) is 0 Å². The SMILES string of the molecule is NCc1ccc(N2CCCCC2=O)cc1Cl. The molecule has 1 fully saturated rings. The summed E-state index contributed by atoms with van der Waals surface area (Å²) in [6, 6.07) is 5.63. The Morgan fingerprint density at radius 1 is 1.38 bits per heavy atom. The minimum absolute atomic E-state index is 0.183. The van der Waals surface area contributed by atoms with Crippen molar-refractivity contribution in [3.05, 3.63) is 28.8 Å². The molecule has 86 valence electrons. The number of nitrogens with two attached hydrogens (primary N) is 1. The van der Waals surface area contributed by atoms with Crippen molar-refractivity contribution in [3.8, 4) is 0 Å². The number of halogens is 1. The fourth-order valence-corrected chi connectivity index (χ4v) is 2.20. The van der Waals surface area contributed by atoms with Gasteiger partial charge in [0.05, 0.1) is 0 Å². The average molecular weight is 239 g/mol. The maximum atomic E-state index is 11.7. The summed E-state index contributed by atoms with van der Waals surface area (Å²) in [4.78, 5) is 13.5. The van der Waals surface area contributed by atoms with Gasteiger partial charge in [0, 0.05) is 30.2 Å². The summed E-state index contributed by atoms with van der Waals surface area (Å²) in [7, 11) is 0. The van der Waals surface area contributed by atoms with Crippen LogP contribution < -0.4 is 10.6 Å². The van der Waals surface area contributed by atoms with Gasteiger partial charge in [0.15, 0.2) is 0 Å². The first-order valence-corrected chi connectivity index (χ1v) is 5.89. The predicted octanol–water partition coefficient (Wildman–Crippen LogP) is 2.32. The Kier molecular flexibility index (Phi) is 3.46. The van der Waals surface area contributed by atoms with E-state index < -0.39 is 0 Å². The number of amides is 1. The lowest BCUT2D eigenvalue weighted by Gasteiger charge is -2.27. The zero-order valence-corrected chi connectivity index (χ0v) is 9.83. The number of nitrogens with zero attached hydrogens (tertiary/aromatic N) is 1. The number of hydrogen-bond acceptors (Lipinski definition) is 2. The van der Waals surface area contributed by atoms with Crippen LogP contribution in [-0.2, 0) is 11.3 Å². The molecule has 1 heterocycles. The van der Waals surface area contributed by atoms with E-state index >= 15 is 0 Å². The number of piperidine rings is 1. The van der Waals surface area contributed by atoms with Gasteiger partial charge in [-0.15, -0.1) is 0 Å². The van der Waals surface area contributed by atoms with Gasteiger partial charge in [-0.2, -0.15) is 0 Å². The van der Waals surface area contributed by atoms with Gasteiger partial charge in [0.1, 0.15) is 0 Å². The molecule has 3 nitrogen and oxygen atoms in total. The molecule has 1 saturated heterocycles. The molecular weight excluding hydrogens is 224 g/mol. The summed E-state index contributed by atoms with van der Waals surface area (Å²) in [5.41, 5.74) is 7.33. The first-order chi connectivity index (χ1) is 7.72. The van der Waals surface area contributed by atoms with Crippen molar-refractivity contribution >= 4 is 23.2 Å². The molecule has 0 spiro atoms. The molecule has 0 aliphatic carbocycles. The molecule has 0 aromatic heterocycles. The number of carbonyl (C=O) groups excluding carboxylic acids is 1. The summed E-state index contributed by atoms with van der Waals surface area (Å²) in [6.07, 6.45) is 2.68. The summed E-state index contributed by atoms with van der Waals surface area (Å²) in [5, 5.41) is 0.637. The predicted molar refractivity (Wildman–Crippen MR) is 65.5 cm³/mol. The standard InChI is InChI=1S/C12H15ClN2O/c13-11-7-10(5-4-9(11)8-14)15-6-2-1-3-12(15)16/h4-5,7H,1-3,6,8,14H2. The Morgan fingerprint density at radius 2 is 2.19 bits per heavy atom. The molecule has 1 aliphatic rings. The van der Waals surface area contributed by atoms with Gasteiger partial charge in [-0.05, 0) is 30.5 Å². The van der Waals surface area contributed by atoms with Crippen molar-refractivity contribution in [2.45, 2.75) is 25.8 Å². The molecule has 0 unspecified atom stereocenters. The van der Waals surface area contributed by atoms with E-state index in [0.717, 1.165) is 30.6 Å². The van der Waals surface area contributed by atoms with E-state index in [1.54, 1.807) is 4.90 Å². The highest BCUT2D eigenvalue weighted by atomic mass is 35.5. The Hall–Kier alpha value is -1.06. The lowest BCUT2D eigenvalue weighted by Crippen LogP contribution is -2.35. The van der Waals surface area contributed by atoms with Crippen LogP contribution in [0.4, 0.5) is 5.69 Å². The molecule has 16 heavy (non-hydrogen) atoms. The number of anilines is 1. The molecule has 0 atom stereocenters. The zero-order valence-electron chi connectivity index (χ0n) is 9.08. The van der Waals surface area contributed by atoms with Crippen LogP contribution in [0.1, 0.15) is 24.8 Å². The van der Waals surface area contributed by atoms with Crippen LogP contribution in [-0.4, -0.2) is 12.5 Å². The van der Waals surface area contributed by atoms with Crippen molar-refractivity contribution in [1.29, 1.82) is 0 Å². The van der Waals surface area contributed by atoms with Gasteiger partial charge in [0.2, 0.25) is 5.91 Å². The van der Waals surface area contributed by atoms with E-state index in [0.29, 0.717) is 18.0 Å². The van der Waals surface area contributed by atoms with E-state index in [4.69, 9.17) is 17.3 Å². The second kappa shape index (κ2) is 4.85. The van der Waals surface area contributed by atoms with Gasteiger partial charge in [-0.1, -0.05) is 17.7 Å². The highest BCUT2D eigenvalue weighted by Crippen LogP contribution is 2.26. The molecule has 1 aromatic rings. The number of benzene rings is 1. The minimum atomic E-state index is 0.183. The first kappa shape index (κ1) is 11.4. The molecule has 1 amide bonds. The largest absolute Gasteiger partial charge is 0.326 e. The highest BCUT2D eigenvalue weighted by Gasteiger charge is 2.19. The Morgan fingerprint density at radius 3 is 2.81 bits per heavy atom. The van der Waals surface area contributed by atoms with Crippen molar-refractivity contribution in [2.24, 2.45) is 5.73 Å². The molecule has 2 N–H and O–H groups in total. The Labute approximate surface area is 100 Å². The summed E-state index contributed by atoms with van der Waals surface area (Å²) < 4.78 is 0. The van der Waals surface area contributed by atoms with Gasteiger partial charge < -0.3 is 10.6 Å². The third kappa shape index (κ3) is 2.20. The third-order valence-electron chi connectivity index (χ3n) is 2.89. The fraction of sp³-hybridized carbons (Fsp3) is 0.417. The van der Waals surface area contributed by atoms with E-state index in [1.807, 2.05) is 18.2 Å². The van der Waals surface area contributed by atoms with Crippen molar-refractivity contribution in [2.75, 3.05) is 11.4 Å². The quantitative estimate of drug-likeness (QED) is 0.860. The molecule has 0 bridgehead atoms. The molecule has 1 aromatic carbocycles. The lowest BCUT2D eigenvalue weighted by molar-refractivity contribution is -0.119. The van der Waals surface area contributed by atoms with Crippen molar-refractivity contribution < 1.29 is 4.79 Å². The molecule has 0 saturated carbocycles. The molecule has 1 aliphatic heterocycles. The lowest BCUT2D eigenvalue weighted by atomic mass is 10.1. The first-order valence-electron chi connectivity index (χ1n) is 5.51. The third-order valence-corrected chi connectivity index (χ3v) is 3.24. The maximum Gasteiger partial charge on any atom is 0.226 e. The summed E-state index contributed by atoms with van der Waals surface area (Å²) in [6.45, 7) is 1.21. The normalized spacial score (nSPS) is 16.6. The van der Waals surface area contributed by atoms with Crippen LogP contribution in [0.3, 0.4) is 0 Å². The smallest absolute Gasteiger partial charge is 0.226 e. The van der Waals surface area contributed by atoms with Gasteiger partial charge in [-0.3, -0.25) is 4.79 Å². The van der Waals surface area contributed by atoms with Gasteiger partial charge in [0.25, 0.3) is 0 Å². The number of carbonyl (C=O) groups is 1. The summed E-state index contributed by atoms with van der Waals surface area (Å²) in [5.74, 6) is 0.183.